The summed E-state index contributed by atoms with van der Waals surface area (Å²) in [6.45, 7) is 0. The van der Waals surface area contributed by atoms with E-state index in [1.165, 1.54) is 26.4 Å². The van der Waals surface area contributed by atoms with Crippen molar-refractivity contribution in [2.45, 2.75) is 0 Å². The molecule has 0 aliphatic rings. The van der Waals surface area contributed by atoms with Crippen LogP contribution in [0.15, 0.2) is 51.7 Å². The minimum Gasteiger partial charge on any atom is -0.508 e. The first-order chi connectivity index (χ1) is 10.6. The summed E-state index contributed by atoms with van der Waals surface area (Å²) in [6, 6.07) is 11.2. The second-order valence-corrected chi connectivity index (χ2v) is 4.70. The number of methoxy groups -OCH3 is 2. The van der Waals surface area contributed by atoms with E-state index in [2.05, 4.69) is 0 Å². The van der Waals surface area contributed by atoms with Crippen LogP contribution < -0.4 is 14.9 Å². The monoisotopic (exact) mass is 298 g/mol. The lowest BCUT2D eigenvalue weighted by molar-refractivity contribution is 0.353. The van der Waals surface area contributed by atoms with E-state index in [0.717, 1.165) is 0 Å². The SMILES string of the molecule is COc1ccc2c(=O)cc(-c3cccc(O)c3)oc2c1OC. The van der Waals surface area contributed by atoms with Crippen molar-refractivity contribution >= 4 is 11.0 Å². The molecule has 2 aromatic carbocycles. The van der Waals surface area contributed by atoms with Crippen LogP contribution in [0.2, 0.25) is 0 Å². The van der Waals surface area contributed by atoms with Gasteiger partial charge in [-0.25, -0.2) is 0 Å². The van der Waals surface area contributed by atoms with Crippen molar-refractivity contribution in [1.29, 1.82) is 0 Å². The molecule has 0 radical (unpaired) electrons. The van der Waals surface area contributed by atoms with Gasteiger partial charge in [-0.1, -0.05) is 12.1 Å². The molecule has 0 aliphatic carbocycles. The maximum Gasteiger partial charge on any atom is 0.204 e. The molecule has 3 rings (SSSR count). The van der Waals surface area contributed by atoms with Gasteiger partial charge in [0.05, 0.1) is 19.6 Å². The summed E-state index contributed by atoms with van der Waals surface area (Å²) in [5.41, 5.74) is 0.720. The molecule has 0 unspecified atom stereocenters. The normalized spacial score (nSPS) is 10.6. The number of phenols is 1. The van der Waals surface area contributed by atoms with Crippen molar-refractivity contribution in [1.82, 2.24) is 0 Å². The van der Waals surface area contributed by atoms with Gasteiger partial charge in [0.25, 0.3) is 0 Å². The molecule has 0 amide bonds. The van der Waals surface area contributed by atoms with Gasteiger partial charge < -0.3 is 19.0 Å². The Morgan fingerprint density at radius 1 is 1.05 bits per heavy atom. The molecular formula is C17H14O5. The first-order valence-corrected chi connectivity index (χ1v) is 6.62. The Hall–Kier alpha value is -2.95. The maximum atomic E-state index is 12.3. The Balaban J connectivity index is 2.33. The van der Waals surface area contributed by atoms with E-state index in [9.17, 15) is 9.90 Å². The first-order valence-electron chi connectivity index (χ1n) is 6.62. The van der Waals surface area contributed by atoms with Gasteiger partial charge >= 0.3 is 0 Å². The highest BCUT2D eigenvalue weighted by Crippen LogP contribution is 2.36. The molecule has 0 bridgehead atoms. The number of phenolic OH excluding ortho intramolecular Hbond substituents is 1. The minimum atomic E-state index is -0.194. The van der Waals surface area contributed by atoms with Crippen LogP contribution in [0.1, 0.15) is 0 Å². The zero-order valence-electron chi connectivity index (χ0n) is 12.1. The van der Waals surface area contributed by atoms with Gasteiger partial charge in [0.15, 0.2) is 16.8 Å². The average Bonchev–Trinajstić information content (AvgIpc) is 2.53. The summed E-state index contributed by atoms with van der Waals surface area (Å²) in [5.74, 6) is 1.28. The fourth-order valence-corrected chi connectivity index (χ4v) is 2.33. The topological polar surface area (TPSA) is 68.9 Å². The third-order valence-electron chi connectivity index (χ3n) is 3.37. The van der Waals surface area contributed by atoms with E-state index in [-0.39, 0.29) is 11.2 Å². The Bertz CT molecular complexity index is 895. The van der Waals surface area contributed by atoms with Crippen LogP contribution in [0, 0.1) is 0 Å². The highest BCUT2D eigenvalue weighted by atomic mass is 16.5. The van der Waals surface area contributed by atoms with E-state index >= 15 is 0 Å². The highest BCUT2D eigenvalue weighted by molar-refractivity contribution is 5.86. The van der Waals surface area contributed by atoms with Crippen molar-refractivity contribution in [2.75, 3.05) is 14.2 Å². The molecule has 5 nitrogen and oxygen atoms in total. The zero-order chi connectivity index (χ0) is 15.7. The number of rotatable bonds is 3. The molecule has 5 heteroatoms. The molecule has 22 heavy (non-hydrogen) atoms. The Labute approximate surface area is 126 Å². The summed E-state index contributed by atoms with van der Waals surface area (Å²) < 4.78 is 16.4. The van der Waals surface area contributed by atoms with Crippen molar-refractivity contribution in [3.05, 3.63) is 52.7 Å². The molecule has 112 valence electrons. The zero-order valence-corrected chi connectivity index (χ0v) is 12.1. The lowest BCUT2D eigenvalue weighted by Gasteiger charge is -2.10. The fourth-order valence-electron chi connectivity index (χ4n) is 2.33. The number of aromatic hydroxyl groups is 1. The number of fused-ring (bicyclic) bond motifs is 1. The van der Waals surface area contributed by atoms with Crippen LogP contribution in [-0.2, 0) is 0 Å². The quantitative estimate of drug-likeness (QED) is 0.804. The van der Waals surface area contributed by atoms with Crippen LogP contribution in [0.3, 0.4) is 0 Å². The minimum absolute atomic E-state index is 0.0952. The van der Waals surface area contributed by atoms with Crippen LogP contribution in [0.5, 0.6) is 17.2 Å². The van der Waals surface area contributed by atoms with Gasteiger partial charge in [0, 0.05) is 11.6 Å². The van der Waals surface area contributed by atoms with Crippen LogP contribution in [0.4, 0.5) is 0 Å². The standard InChI is InChI=1S/C17H14O5/c1-20-14-7-6-12-13(19)9-15(22-16(12)17(14)21-2)10-4-3-5-11(18)8-10/h3-9,18H,1-2H3. The Morgan fingerprint density at radius 3 is 2.55 bits per heavy atom. The van der Waals surface area contributed by atoms with E-state index in [0.29, 0.717) is 33.8 Å². The van der Waals surface area contributed by atoms with E-state index in [4.69, 9.17) is 13.9 Å². The van der Waals surface area contributed by atoms with Crippen LogP contribution in [0.25, 0.3) is 22.3 Å². The molecule has 1 N–H and O–H groups in total. The van der Waals surface area contributed by atoms with E-state index in [1.54, 1.807) is 30.3 Å². The van der Waals surface area contributed by atoms with Crippen molar-refractivity contribution in [3.63, 3.8) is 0 Å². The summed E-state index contributed by atoms with van der Waals surface area (Å²) in [6.07, 6.45) is 0. The summed E-state index contributed by atoms with van der Waals surface area (Å²) in [7, 11) is 3.00. The Kier molecular flexibility index (Phi) is 3.47. The van der Waals surface area contributed by atoms with Gasteiger partial charge in [-0.15, -0.1) is 0 Å². The number of hydrogen-bond donors (Lipinski definition) is 1. The molecular weight excluding hydrogens is 284 g/mol. The van der Waals surface area contributed by atoms with Crippen molar-refractivity contribution in [2.24, 2.45) is 0 Å². The number of benzene rings is 2. The van der Waals surface area contributed by atoms with E-state index < -0.39 is 0 Å². The smallest absolute Gasteiger partial charge is 0.204 e. The number of hydrogen-bond acceptors (Lipinski definition) is 5. The second-order valence-electron chi connectivity index (χ2n) is 4.70. The summed E-state index contributed by atoms with van der Waals surface area (Å²) >= 11 is 0. The maximum absolute atomic E-state index is 12.3. The van der Waals surface area contributed by atoms with Gasteiger partial charge in [-0.2, -0.15) is 0 Å². The molecule has 3 aromatic rings. The predicted octanol–water partition coefficient (Wildman–Crippen LogP) is 3.18. The molecule has 0 atom stereocenters. The van der Waals surface area contributed by atoms with Crippen molar-refractivity contribution in [3.8, 4) is 28.6 Å². The summed E-state index contributed by atoms with van der Waals surface area (Å²) in [4.78, 5) is 12.3. The van der Waals surface area contributed by atoms with Crippen molar-refractivity contribution < 1.29 is 19.0 Å². The largest absolute Gasteiger partial charge is 0.508 e. The second kappa shape index (κ2) is 5.44. The van der Waals surface area contributed by atoms with Gasteiger partial charge in [-0.05, 0) is 24.3 Å². The fraction of sp³-hybridized carbons (Fsp3) is 0.118. The van der Waals surface area contributed by atoms with Gasteiger partial charge in [-0.3, -0.25) is 4.79 Å². The van der Waals surface area contributed by atoms with Crippen LogP contribution >= 0.6 is 0 Å². The molecule has 1 heterocycles. The Morgan fingerprint density at radius 2 is 1.86 bits per heavy atom. The molecule has 0 saturated carbocycles. The van der Waals surface area contributed by atoms with Crippen LogP contribution in [-0.4, -0.2) is 19.3 Å². The lowest BCUT2D eigenvalue weighted by Crippen LogP contribution is -2.02. The highest BCUT2D eigenvalue weighted by Gasteiger charge is 2.15. The molecule has 0 saturated heterocycles. The number of ether oxygens (including phenoxy) is 2. The molecule has 0 aliphatic heterocycles. The molecule has 0 fully saturated rings. The van der Waals surface area contributed by atoms with E-state index in [1.807, 2.05) is 0 Å². The third kappa shape index (κ3) is 2.26. The van der Waals surface area contributed by atoms with Gasteiger partial charge in [0.2, 0.25) is 5.75 Å². The molecule has 1 aromatic heterocycles. The summed E-state index contributed by atoms with van der Waals surface area (Å²) in [5, 5.41) is 9.98. The first kappa shape index (κ1) is 14.0. The van der Waals surface area contributed by atoms with Gasteiger partial charge in [0.1, 0.15) is 11.5 Å². The average molecular weight is 298 g/mol. The third-order valence-corrected chi connectivity index (χ3v) is 3.37. The molecule has 0 spiro atoms. The predicted molar refractivity (Wildman–Crippen MR) is 82.7 cm³/mol. The lowest BCUT2D eigenvalue weighted by atomic mass is 10.1.